The van der Waals surface area contributed by atoms with Gasteiger partial charge in [0, 0.05) is 11.1 Å². The molecular formula is C18H16N2O. The zero-order chi connectivity index (χ0) is 14.7. The maximum Gasteiger partial charge on any atom is 0.124 e. The third-order valence-electron chi connectivity index (χ3n) is 3.37. The van der Waals surface area contributed by atoms with Crippen molar-refractivity contribution in [2.75, 3.05) is 12.8 Å². The van der Waals surface area contributed by atoms with Gasteiger partial charge >= 0.3 is 0 Å². The highest BCUT2D eigenvalue weighted by molar-refractivity contribution is 5.81. The lowest BCUT2D eigenvalue weighted by Crippen LogP contribution is -1.95. The molecule has 0 atom stereocenters. The molecule has 0 aliphatic carbocycles. The number of hydrogen-bond acceptors (Lipinski definition) is 3. The summed E-state index contributed by atoms with van der Waals surface area (Å²) in [5, 5.41) is 0. The summed E-state index contributed by atoms with van der Waals surface area (Å²) in [5.74, 6) is 1.36. The van der Waals surface area contributed by atoms with Gasteiger partial charge in [-0.25, -0.2) is 4.98 Å². The monoisotopic (exact) mass is 276 g/mol. The van der Waals surface area contributed by atoms with Crippen LogP contribution in [0.4, 0.5) is 5.82 Å². The van der Waals surface area contributed by atoms with Crippen LogP contribution in [0.1, 0.15) is 0 Å². The van der Waals surface area contributed by atoms with Crippen molar-refractivity contribution in [3.8, 4) is 28.1 Å². The van der Waals surface area contributed by atoms with Crippen molar-refractivity contribution in [2.45, 2.75) is 0 Å². The molecule has 2 N–H and O–H groups in total. The summed E-state index contributed by atoms with van der Waals surface area (Å²) < 4.78 is 5.20. The summed E-state index contributed by atoms with van der Waals surface area (Å²) in [4.78, 5) is 4.51. The smallest absolute Gasteiger partial charge is 0.124 e. The molecule has 2 aromatic carbocycles. The molecule has 0 spiro atoms. The second-order valence-corrected chi connectivity index (χ2v) is 4.73. The normalized spacial score (nSPS) is 10.3. The van der Waals surface area contributed by atoms with E-state index in [0.29, 0.717) is 5.82 Å². The Balaban J connectivity index is 2.13. The predicted molar refractivity (Wildman–Crippen MR) is 86.1 cm³/mol. The lowest BCUT2D eigenvalue weighted by Gasteiger charge is -2.10. The summed E-state index contributed by atoms with van der Waals surface area (Å²) in [5.41, 5.74) is 9.94. The van der Waals surface area contributed by atoms with Gasteiger partial charge in [0.25, 0.3) is 0 Å². The molecule has 3 aromatic rings. The molecule has 104 valence electrons. The molecule has 1 aromatic heterocycles. The summed E-state index contributed by atoms with van der Waals surface area (Å²) >= 11 is 0. The fourth-order valence-electron chi connectivity index (χ4n) is 2.29. The molecule has 0 amide bonds. The summed E-state index contributed by atoms with van der Waals surface area (Å²) in [6, 6.07) is 21.8. The van der Waals surface area contributed by atoms with E-state index >= 15 is 0 Å². The molecular weight excluding hydrogens is 260 g/mol. The number of nitrogen functional groups attached to an aromatic ring is 1. The molecule has 21 heavy (non-hydrogen) atoms. The van der Waals surface area contributed by atoms with Gasteiger partial charge in [-0.2, -0.15) is 0 Å². The minimum atomic E-state index is 0.520. The lowest BCUT2D eigenvalue weighted by molar-refractivity contribution is 0.415. The van der Waals surface area contributed by atoms with Gasteiger partial charge in [0.1, 0.15) is 11.6 Å². The van der Waals surface area contributed by atoms with Crippen molar-refractivity contribution < 1.29 is 4.74 Å². The zero-order valence-electron chi connectivity index (χ0n) is 11.8. The Hall–Kier alpha value is -2.81. The topological polar surface area (TPSA) is 48.1 Å². The first-order chi connectivity index (χ1) is 10.3. The Morgan fingerprint density at radius 2 is 1.52 bits per heavy atom. The quantitative estimate of drug-likeness (QED) is 0.786. The van der Waals surface area contributed by atoms with Gasteiger partial charge in [-0.05, 0) is 29.8 Å². The van der Waals surface area contributed by atoms with Gasteiger partial charge in [-0.3, -0.25) is 0 Å². The van der Waals surface area contributed by atoms with Crippen molar-refractivity contribution >= 4 is 5.82 Å². The first kappa shape index (κ1) is 13.2. The lowest BCUT2D eigenvalue weighted by atomic mass is 9.99. The van der Waals surface area contributed by atoms with E-state index < -0.39 is 0 Å². The van der Waals surface area contributed by atoms with Crippen molar-refractivity contribution in [1.29, 1.82) is 0 Å². The highest BCUT2D eigenvalue weighted by atomic mass is 16.5. The van der Waals surface area contributed by atoms with Crippen LogP contribution in [0.3, 0.4) is 0 Å². The van der Waals surface area contributed by atoms with Crippen molar-refractivity contribution in [2.24, 2.45) is 0 Å². The maximum absolute atomic E-state index is 5.86. The van der Waals surface area contributed by atoms with Crippen molar-refractivity contribution in [3.05, 3.63) is 66.7 Å². The molecule has 3 rings (SSSR count). The van der Waals surface area contributed by atoms with E-state index in [4.69, 9.17) is 10.5 Å². The van der Waals surface area contributed by atoms with Crippen LogP contribution in [0.25, 0.3) is 22.4 Å². The number of anilines is 1. The van der Waals surface area contributed by atoms with Gasteiger partial charge < -0.3 is 10.5 Å². The van der Waals surface area contributed by atoms with Crippen LogP contribution >= 0.6 is 0 Å². The molecule has 0 aliphatic heterocycles. The van der Waals surface area contributed by atoms with Gasteiger partial charge in [0.15, 0.2) is 0 Å². The second-order valence-electron chi connectivity index (χ2n) is 4.73. The average molecular weight is 276 g/mol. The van der Waals surface area contributed by atoms with Crippen molar-refractivity contribution in [3.63, 3.8) is 0 Å². The van der Waals surface area contributed by atoms with E-state index in [0.717, 1.165) is 28.1 Å². The van der Waals surface area contributed by atoms with Gasteiger partial charge in [0.2, 0.25) is 0 Å². The summed E-state index contributed by atoms with van der Waals surface area (Å²) in [6.07, 6.45) is 0. The van der Waals surface area contributed by atoms with Crippen LogP contribution in [0.5, 0.6) is 5.75 Å². The molecule has 0 radical (unpaired) electrons. The number of benzene rings is 2. The number of pyridine rings is 1. The number of aromatic nitrogens is 1. The second kappa shape index (κ2) is 5.67. The van der Waals surface area contributed by atoms with E-state index in [9.17, 15) is 0 Å². The SMILES string of the molecule is COc1ccc(-c2ccc(N)nc2-c2ccccc2)cc1. The third kappa shape index (κ3) is 2.72. The summed E-state index contributed by atoms with van der Waals surface area (Å²) in [6.45, 7) is 0. The Kier molecular flexibility index (Phi) is 3.56. The minimum Gasteiger partial charge on any atom is -0.497 e. The standard InChI is InChI=1S/C18H16N2O/c1-21-15-9-7-13(8-10-15)16-11-12-17(19)20-18(16)14-5-3-2-4-6-14/h2-12H,1H3,(H2,19,20). The van der Waals surface area contributed by atoms with E-state index in [2.05, 4.69) is 4.98 Å². The molecule has 1 heterocycles. The Morgan fingerprint density at radius 3 is 2.19 bits per heavy atom. The van der Waals surface area contributed by atoms with Gasteiger partial charge in [0.05, 0.1) is 12.8 Å². The molecule has 0 bridgehead atoms. The molecule has 0 unspecified atom stereocenters. The fraction of sp³-hybridized carbons (Fsp3) is 0.0556. The minimum absolute atomic E-state index is 0.520. The van der Waals surface area contributed by atoms with Crippen LogP contribution in [0, 0.1) is 0 Å². The van der Waals surface area contributed by atoms with Gasteiger partial charge in [-0.15, -0.1) is 0 Å². The first-order valence-corrected chi connectivity index (χ1v) is 6.74. The maximum atomic E-state index is 5.86. The molecule has 0 fully saturated rings. The molecule has 3 nitrogen and oxygen atoms in total. The number of ether oxygens (including phenoxy) is 1. The molecule has 0 aliphatic rings. The number of nitrogens with two attached hydrogens (primary N) is 1. The molecule has 3 heteroatoms. The van der Waals surface area contributed by atoms with E-state index in [1.54, 1.807) is 7.11 Å². The highest BCUT2D eigenvalue weighted by Gasteiger charge is 2.09. The van der Waals surface area contributed by atoms with Crippen LogP contribution in [-0.2, 0) is 0 Å². The van der Waals surface area contributed by atoms with E-state index in [1.165, 1.54) is 0 Å². The third-order valence-corrected chi connectivity index (χ3v) is 3.37. The van der Waals surface area contributed by atoms with E-state index in [1.807, 2.05) is 66.7 Å². The molecule has 0 saturated heterocycles. The van der Waals surface area contributed by atoms with Crippen LogP contribution in [-0.4, -0.2) is 12.1 Å². The van der Waals surface area contributed by atoms with Crippen LogP contribution in [0.2, 0.25) is 0 Å². The fourth-order valence-corrected chi connectivity index (χ4v) is 2.29. The largest absolute Gasteiger partial charge is 0.497 e. The van der Waals surface area contributed by atoms with Crippen LogP contribution < -0.4 is 10.5 Å². The van der Waals surface area contributed by atoms with E-state index in [-0.39, 0.29) is 0 Å². The Labute approximate surface area is 124 Å². The van der Waals surface area contributed by atoms with Gasteiger partial charge in [-0.1, -0.05) is 42.5 Å². The summed E-state index contributed by atoms with van der Waals surface area (Å²) in [7, 11) is 1.66. The predicted octanol–water partition coefficient (Wildman–Crippen LogP) is 4.01. The highest BCUT2D eigenvalue weighted by Crippen LogP contribution is 2.32. The van der Waals surface area contributed by atoms with Crippen molar-refractivity contribution in [1.82, 2.24) is 4.98 Å². The number of rotatable bonds is 3. The molecule has 0 saturated carbocycles. The number of nitrogens with zero attached hydrogens (tertiary/aromatic N) is 1. The number of hydrogen-bond donors (Lipinski definition) is 1. The van der Waals surface area contributed by atoms with Crippen LogP contribution in [0.15, 0.2) is 66.7 Å². The first-order valence-electron chi connectivity index (χ1n) is 6.74. The Morgan fingerprint density at radius 1 is 0.810 bits per heavy atom. The number of methoxy groups -OCH3 is 1. The average Bonchev–Trinajstić information content (AvgIpc) is 2.56. The zero-order valence-corrected chi connectivity index (χ0v) is 11.8. The Bertz CT molecular complexity index is 737.